The van der Waals surface area contributed by atoms with E-state index in [9.17, 15) is 36.4 Å². The number of nitrogens with zero attached hydrogens (tertiary/aromatic N) is 2. The number of ether oxygens (including phenoxy) is 1. The van der Waals surface area contributed by atoms with Crippen LogP contribution in [0.25, 0.3) is 21.9 Å². The van der Waals surface area contributed by atoms with E-state index in [4.69, 9.17) is 14.0 Å². The molecule has 3 aromatic rings. The average molecular weight is 786 g/mol. The maximum absolute atomic E-state index is 14.5. The van der Waals surface area contributed by atoms with Gasteiger partial charge in [0.2, 0.25) is 28.3 Å². The first-order valence-electron chi connectivity index (χ1n) is 18.6. The zero-order chi connectivity index (χ0) is 39.3. The second-order valence-corrected chi connectivity index (χ2v) is 18.0. The predicted molar refractivity (Wildman–Crippen MR) is 194 cm³/mol. The highest BCUT2D eigenvalue weighted by molar-refractivity contribution is 7.91. The van der Waals surface area contributed by atoms with Crippen LogP contribution in [0.5, 0.6) is 0 Å². The van der Waals surface area contributed by atoms with Gasteiger partial charge in [-0.05, 0) is 74.6 Å². The van der Waals surface area contributed by atoms with Crippen molar-refractivity contribution in [3.63, 3.8) is 0 Å². The number of rotatable bonds is 11. The van der Waals surface area contributed by atoms with Gasteiger partial charge in [-0.2, -0.15) is 0 Å². The van der Waals surface area contributed by atoms with Crippen LogP contribution in [0.2, 0.25) is 0 Å². The third-order valence-electron chi connectivity index (χ3n) is 10.9. The van der Waals surface area contributed by atoms with Gasteiger partial charge in [0.15, 0.2) is 0 Å². The molecule has 2 aromatic carbocycles. The molecule has 2 heterocycles. The third-order valence-corrected chi connectivity index (χ3v) is 12.7. The number of likely N-dealkylation sites (tertiary alicyclic amines) is 1. The molecule has 3 saturated carbocycles. The molecule has 0 spiro atoms. The van der Waals surface area contributed by atoms with Crippen molar-refractivity contribution in [2.75, 3.05) is 6.54 Å². The Morgan fingerprint density at radius 2 is 1.56 bits per heavy atom. The lowest BCUT2D eigenvalue weighted by Gasteiger charge is -2.35. The fourth-order valence-electron chi connectivity index (χ4n) is 7.52. The van der Waals surface area contributed by atoms with Gasteiger partial charge in [-0.15, -0.1) is 0 Å². The van der Waals surface area contributed by atoms with Crippen molar-refractivity contribution in [2.45, 2.75) is 114 Å². The highest BCUT2D eigenvalue weighted by atomic mass is 32.2. The van der Waals surface area contributed by atoms with Gasteiger partial charge in [0.25, 0.3) is 5.91 Å². The number of alkyl halides is 2. The fourth-order valence-corrected chi connectivity index (χ4v) is 8.88. The molecule has 1 aliphatic heterocycles. The predicted octanol–water partition coefficient (Wildman–Crippen LogP) is 4.22. The molecule has 14 nitrogen and oxygen atoms in total. The monoisotopic (exact) mass is 785 g/mol. The lowest BCUT2D eigenvalue weighted by molar-refractivity contribution is -0.143. The summed E-state index contributed by atoms with van der Waals surface area (Å²) in [6.45, 7) is 4.99. The van der Waals surface area contributed by atoms with Crippen LogP contribution >= 0.6 is 0 Å². The van der Waals surface area contributed by atoms with Crippen LogP contribution in [0, 0.1) is 11.3 Å². The minimum Gasteiger partial charge on any atom is -0.456 e. The zero-order valence-electron chi connectivity index (χ0n) is 30.8. The van der Waals surface area contributed by atoms with Crippen molar-refractivity contribution in [3.8, 4) is 0 Å². The first-order valence-corrected chi connectivity index (χ1v) is 20.2. The second-order valence-electron chi connectivity index (χ2n) is 16.0. The Bertz CT molecular complexity index is 2120. The van der Waals surface area contributed by atoms with Crippen molar-refractivity contribution < 1.29 is 50.4 Å². The van der Waals surface area contributed by atoms with Gasteiger partial charge in [-0.3, -0.25) is 19.1 Å². The summed E-state index contributed by atoms with van der Waals surface area (Å²) >= 11 is 0. The van der Waals surface area contributed by atoms with Gasteiger partial charge in [0, 0.05) is 17.2 Å². The van der Waals surface area contributed by atoms with Crippen molar-refractivity contribution in [2.24, 2.45) is 16.5 Å². The molecule has 4 aliphatic rings. The van der Waals surface area contributed by atoms with Crippen LogP contribution in [0.3, 0.4) is 0 Å². The summed E-state index contributed by atoms with van der Waals surface area (Å²) in [6, 6.07) is 11.8. The van der Waals surface area contributed by atoms with Crippen LogP contribution < -0.4 is 20.7 Å². The molecule has 3 aliphatic carbocycles. The molecule has 55 heavy (non-hydrogen) atoms. The Hall–Kier alpha value is -4.80. The number of halogens is 2. The molecule has 296 valence electrons. The van der Waals surface area contributed by atoms with E-state index in [1.165, 1.54) is 4.90 Å². The van der Waals surface area contributed by atoms with Gasteiger partial charge in [0.05, 0.1) is 17.7 Å². The molecule has 5 atom stereocenters. The molecule has 1 saturated heterocycles. The lowest BCUT2D eigenvalue weighted by Crippen LogP contribution is -2.60. The molecule has 0 radical (unpaired) electrons. The number of fused-ring (bicyclic) bond motifs is 2. The summed E-state index contributed by atoms with van der Waals surface area (Å²) < 4.78 is 67.0. The van der Waals surface area contributed by atoms with Crippen LogP contribution in [-0.2, 0) is 34.0 Å². The molecule has 4 fully saturated rings. The van der Waals surface area contributed by atoms with Crippen LogP contribution in [-0.4, -0.2) is 85.2 Å². The van der Waals surface area contributed by atoms with E-state index in [1.54, 1.807) is 45.0 Å². The first kappa shape index (κ1) is 38.5. The van der Waals surface area contributed by atoms with Crippen molar-refractivity contribution >= 4 is 55.8 Å². The maximum Gasteiger partial charge on any atom is 0.408 e. The number of carbonyl (C=O) groups excluding carboxylic acids is 4. The highest BCUT2D eigenvalue weighted by Crippen LogP contribution is 2.48. The van der Waals surface area contributed by atoms with Gasteiger partial charge in [0.1, 0.15) is 46.4 Å². The van der Waals surface area contributed by atoms with E-state index in [0.29, 0.717) is 53.0 Å². The molecule has 1 aromatic heterocycles. The number of hydrogen-bond acceptors (Lipinski definition) is 10. The quantitative estimate of drug-likeness (QED) is 0.189. The average Bonchev–Trinajstić information content (AvgIpc) is 4.02. The molecule has 3 N–H and O–H groups in total. The summed E-state index contributed by atoms with van der Waals surface area (Å²) in [7, 11) is -4.13. The maximum atomic E-state index is 14.5. The van der Waals surface area contributed by atoms with E-state index in [1.807, 2.05) is 29.0 Å². The molecular formula is C38H45F2N5O9S. The largest absolute Gasteiger partial charge is 0.456 e. The van der Waals surface area contributed by atoms with E-state index < -0.39 is 87.0 Å². The summed E-state index contributed by atoms with van der Waals surface area (Å²) in [6.07, 6.45) is -1.82. The number of hydrogen-bond donors (Lipinski definition) is 3. The smallest absolute Gasteiger partial charge is 0.408 e. The molecule has 4 amide bonds. The number of amides is 4. The standard InChI is InChI=1S/C38H45F2N5O9S/c1-37(2,3)31(41-36(49)52-21-10-4-5-11-21)34(47)45-20-22(54-43-30-24-12-6-8-14-28(24)53-29-15-9-7-13-25(29)30)18-27(45)33(46)42-38(19-26(38)32(39)40)35(48)44-55(50,51)23-16-17-23/h6-9,12-15,21-23,26-27,31-32H,4-5,10-11,16-20H2,1-3H3,(H,41,49)(H,42,46)(H,44,48)/t22-,26+,27+,31-,38+/m1/s1. The minimum absolute atomic E-state index is 0.172. The van der Waals surface area contributed by atoms with Crippen molar-refractivity contribution in [1.82, 2.24) is 20.3 Å². The molecule has 17 heteroatoms. The Morgan fingerprint density at radius 1 is 0.945 bits per heavy atom. The molecule has 7 rings (SSSR count). The van der Waals surface area contributed by atoms with Crippen LogP contribution in [0.4, 0.5) is 13.6 Å². The Kier molecular flexibility index (Phi) is 10.3. The Morgan fingerprint density at radius 3 is 2.13 bits per heavy atom. The number of carbonyl (C=O) groups is 4. The number of nitrogens with one attached hydrogen (secondary N) is 3. The number of benzene rings is 2. The third kappa shape index (κ3) is 7.98. The first-order chi connectivity index (χ1) is 26.1. The fraction of sp³-hybridized carbons (Fsp3) is 0.553. The van der Waals surface area contributed by atoms with Crippen LogP contribution in [0.1, 0.15) is 72.1 Å². The van der Waals surface area contributed by atoms with Gasteiger partial charge < -0.3 is 29.5 Å². The van der Waals surface area contributed by atoms with E-state index in [0.717, 1.165) is 12.8 Å². The zero-order valence-corrected chi connectivity index (χ0v) is 31.6. The van der Waals surface area contributed by atoms with E-state index in [-0.39, 0.29) is 19.1 Å². The normalized spacial score (nSPS) is 24.8. The van der Waals surface area contributed by atoms with Crippen molar-refractivity contribution in [1.29, 1.82) is 0 Å². The highest BCUT2D eigenvalue weighted by Gasteiger charge is 2.67. The molecule has 0 bridgehead atoms. The van der Waals surface area contributed by atoms with Gasteiger partial charge in [-0.1, -0.05) is 50.2 Å². The van der Waals surface area contributed by atoms with Gasteiger partial charge >= 0.3 is 6.09 Å². The topological polar surface area (TPSA) is 186 Å². The molecular weight excluding hydrogens is 741 g/mol. The number of para-hydroxylation sites is 2. The summed E-state index contributed by atoms with van der Waals surface area (Å²) in [5, 5.41) is 10.5. The Balaban J connectivity index is 1.19. The van der Waals surface area contributed by atoms with E-state index in [2.05, 4.69) is 15.8 Å². The van der Waals surface area contributed by atoms with Crippen molar-refractivity contribution in [3.05, 3.63) is 53.9 Å². The number of sulfonamides is 1. The lowest BCUT2D eigenvalue weighted by atomic mass is 9.85. The second kappa shape index (κ2) is 14.7. The number of alkyl carbamates (subject to hydrolysis) is 1. The van der Waals surface area contributed by atoms with Gasteiger partial charge in [-0.25, -0.2) is 22.0 Å². The van der Waals surface area contributed by atoms with E-state index >= 15 is 0 Å². The minimum atomic E-state index is -4.13. The SMILES string of the molecule is CC(C)(C)[C@H](NC(=O)OC1CCCC1)C(=O)N1C[C@H](ON=c2c3ccccc3oc3ccccc23)C[C@H]1C(=O)N[C@@]1(C(=O)NS(=O)(=O)C2CC2)C[C@H]1C(F)F. The Labute approximate surface area is 316 Å². The molecule has 0 unspecified atom stereocenters. The van der Waals surface area contributed by atoms with Crippen LogP contribution in [0.15, 0.2) is 58.1 Å². The summed E-state index contributed by atoms with van der Waals surface area (Å²) in [5.41, 5.74) is -2.03. The summed E-state index contributed by atoms with van der Waals surface area (Å²) in [5.74, 6) is -4.54. The summed E-state index contributed by atoms with van der Waals surface area (Å²) in [4.78, 5) is 62.4.